The van der Waals surface area contributed by atoms with Crippen LogP contribution in [0, 0.1) is 11.7 Å². The minimum absolute atomic E-state index is 0.0145. The van der Waals surface area contributed by atoms with Crippen LogP contribution in [0.2, 0.25) is 0 Å². The van der Waals surface area contributed by atoms with Crippen LogP contribution < -0.4 is 5.32 Å². The third-order valence-electron chi connectivity index (χ3n) is 6.88. The van der Waals surface area contributed by atoms with Gasteiger partial charge in [-0.15, -0.1) is 0 Å². The van der Waals surface area contributed by atoms with Crippen LogP contribution in [0.4, 0.5) is 10.1 Å². The van der Waals surface area contributed by atoms with Crippen LogP contribution in [0.3, 0.4) is 0 Å². The average Bonchev–Trinajstić information content (AvgIpc) is 3.49. The van der Waals surface area contributed by atoms with Crippen LogP contribution in [0.25, 0.3) is 20.9 Å². The Balaban J connectivity index is 1.25. The van der Waals surface area contributed by atoms with E-state index in [1.165, 1.54) is 23.0 Å². The number of hydrogen-bond acceptors (Lipinski definition) is 5. The van der Waals surface area contributed by atoms with Crippen LogP contribution in [0.15, 0.2) is 60.7 Å². The minimum Gasteiger partial charge on any atom is -0.481 e. The summed E-state index contributed by atoms with van der Waals surface area (Å²) >= 11 is 1.41. The van der Waals surface area contributed by atoms with Crippen LogP contribution >= 0.6 is 11.3 Å². The smallest absolute Gasteiger partial charge is 0.306 e. The topological polar surface area (TPSA) is 75.1 Å². The molecule has 4 aromatic rings. The fourth-order valence-electron chi connectivity index (χ4n) is 4.73. The summed E-state index contributed by atoms with van der Waals surface area (Å²) in [6.07, 6.45) is 3.29. The van der Waals surface area contributed by atoms with E-state index in [0.29, 0.717) is 29.1 Å². The number of nitrogens with zero attached hydrogens (tertiary/aromatic N) is 2. The molecule has 0 saturated heterocycles. The molecule has 2 aromatic carbocycles. The number of hydrogen-bond donors (Lipinski definition) is 2. The van der Waals surface area contributed by atoms with Crippen LogP contribution in [-0.2, 0) is 10.2 Å². The molecule has 0 radical (unpaired) electrons. The Bertz CT molecular complexity index is 1360. The van der Waals surface area contributed by atoms with Gasteiger partial charge in [-0.05, 0) is 61.6 Å². The van der Waals surface area contributed by atoms with Crippen molar-refractivity contribution in [1.29, 1.82) is 0 Å². The van der Waals surface area contributed by atoms with Crippen molar-refractivity contribution in [3.05, 3.63) is 77.7 Å². The number of carboxylic acid groups (broad SMARTS) is 1. The molecule has 2 aromatic heterocycles. The Kier molecular flexibility index (Phi) is 4.69. The molecule has 0 amide bonds. The van der Waals surface area contributed by atoms with Gasteiger partial charge in [0.1, 0.15) is 21.2 Å². The summed E-state index contributed by atoms with van der Waals surface area (Å²) < 4.78 is 15.0. The van der Waals surface area contributed by atoms with Gasteiger partial charge in [-0.3, -0.25) is 4.79 Å². The standard InChI is InChI=1S/C26H22FN3O2S/c27-20-14-17(28-18-12-15(13-18)25(31)32)6-7-19(20)23-29-21-8-9-22(30-24(21)33-23)26(10-11-26)16-4-2-1-3-5-16/h1-9,14-15,18,28H,10-13H2,(H,31,32). The molecule has 2 saturated carbocycles. The molecule has 0 aliphatic heterocycles. The lowest BCUT2D eigenvalue weighted by atomic mass is 9.80. The number of nitrogens with one attached hydrogen (secondary N) is 1. The maximum absolute atomic E-state index is 15.0. The lowest BCUT2D eigenvalue weighted by molar-refractivity contribution is -0.144. The van der Waals surface area contributed by atoms with Crippen molar-refractivity contribution < 1.29 is 14.3 Å². The molecule has 2 heterocycles. The number of pyridine rings is 1. The van der Waals surface area contributed by atoms with Crippen LogP contribution in [0.1, 0.15) is 36.9 Å². The number of fused-ring (bicyclic) bond motifs is 1. The van der Waals surface area contributed by atoms with Crippen molar-refractivity contribution >= 4 is 33.3 Å². The van der Waals surface area contributed by atoms with Crippen LogP contribution in [-0.4, -0.2) is 27.1 Å². The molecule has 33 heavy (non-hydrogen) atoms. The van der Waals surface area contributed by atoms with E-state index in [4.69, 9.17) is 10.1 Å². The van der Waals surface area contributed by atoms with Gasteiger partial charge in [0.2, 0.25) is 0 Å². The van der Waals surface area contributed by atoms with Crippen molar-refractivity contribution in [3.63, 3.8) is 0 Å². The first-order valence-electron chi connectivity index (χ1n) is 11.1. The summed E-state index contributed by atoms with van der Waals surface area (Å²) in [7, 11) is 0. The quantitative estimate of drug-likeness (QED) is 0.378. The van der Waals surface area contributed by atoms with E-state index >= 15 is 0 Å². The number of aliphatic carboxylic acids is 1. The number of benzene rings is 2. The van der Waals surface area contributed by atoms with E-state index in [2.05, 4.69) is 40.6 Å². The number of anilines is 1. The third-order valence-corrected chi connectivity index (χ3v) is 7.88. The second kappa shape index (κ2) is 7.63. The van der Waals surface area contributed by atoms with E-state index in [0.717, 1.165) is 28.9 Å². The second-order valence-corrected chi connectivity index (χ2v) is 10.0. The second-order valence-electron chi connectivity index (χ2n) is 9.03. The Labute approximate surface area is 194 Å². The molecule has 2 N–H and O–H groups in total. The van der Waals surface area contributed by atoms with Gasteiger partial charge in [-0.1, -0.05) is 41.7 Å². The molecule has 5 nitrogen and oxygen atoms in total. The van der Waals surface area contributed by atoms with Crippen molar-refractivity contribution in [2.24, 2.45) is 5.92 Å². The van der Waals surface area contributed by atoms with Gasteiger partial charge in [-0.2, -0.15) is 0 Å². The van der Waals surface area contributed by atoms with Gasteiger partial charge >= 0.3 is 5.97 Å². The molecule has 2 fully saturated rings. The molecular weight excluding hydrogens is 437 g/mol. The summed E-state index contributed by atoms with van der Waals surface area (Å²) in [5.74, 6) is -1.42. The van der Waals surface area contributed by atoms with Gasteiger partial charge < -0.3 is 10.4 Å². The highest BCUT2D eigenvalue weighted by atomic mass is 32.1. The molecule has 0 bridgehead atoms. The number of thiazole rings is 1. The molecule has 6 rings (SSSR count). The molecule has 0 unspecified atom stereocenters. The molecule has 0 spiro atoms. The van der Waals surface area contributed by atoms with Gasteiger partial charge in [0.25, 0.3) is 0 Å². The zero-order chi connectivity index (χ0) is 22.6. The highest BCUT2D eigenvalue weighted by Gasteiger charge is 2.47. The molecule has 2 aliphatic rings. The maximum atomic E-state index is 15.0. The molecule has 7 heteroatoms. The zero-order valence-corrected chi connectivity index (χ0v) is 18.6. The van der Waals surface area contributed by atoms with E-state index in [1.54, 1.807) is 6.07 Å². The number of halogens is 1. The lowest BCUT2D eigenvalue weighted by Crippen LogP contribution is -2.39. The minimum atomic E-state index is -0.765. The maximum Gasteiger partial charge on any atom is 0.306 e. The van der Waals surface area contributed by atoms with E-state index in [1.807, 2.05) is 18.2 Å². The zero-order valence-electron chi connectivity index (χ0n) is 17.8. The highest BCUT2D eigenvalue weighted by Crippen LogP contribution is 2.53. The normalized spacial score (nSPS) is 20.9. The summed E-state index contributed by atoms with van der Waals surface area (Å²) in [5, 5.41) is 12.8. The Morgan fingerprint density at radius 3 is 2.55 bits per heavy atom. The summed E-state index contributed by atoms with van der Waals surface area (Å²) in [6.45, 7) is 0. The van der Waals surface area contributed by atoms with Gasteiger partial charge in [-0.25, -0.2) is 14.4 Å². The number of aromatic nitrogens is 2. The van der Waals surface area contributed by atoms with Crippen molar-refractivity contribution in [1.82, 2.24) is 9.97 Å². The van der Waals surface area contributed by atoms with Crippen LogP contribution in [0.5, 0.6) is 0 Å². The largest absolute Gasteiger partial charge is 0.481 e. The monoisotopic (exact) mass is 459 g/mol. The fourth-order valence-corrected chi connectivity index (χ4v) is 5.69. The van der Waals surface area contributed by atoms with Crippen molar-refractivity contribution in [3.8, 4) is 10.6 Å². The summed E-state index contributed by atoms with van der Waals surface area (Å²) in [4.78, 5) is 21.4. The van der Waals surface area contributed by atoms with E-state index in [-0.39, 0.29) is 23.2 Å². The Morgan fingerprint density at radius 1 is 1.06 bits per heavy atom. The SMILES string of the molecule is O=C(O)C1CC(Nc2ccc(-c3nc4ccc(C5(c6ccccc6)CC5)nc4s3)c(F)c2)C1. The lowest BCUT2D eigenvalue weighted by Gasteiger charge is -2.33. The first kappa shape index (κ1) is 20.3. The molecule has 0 atom stereocenters. The molecule has 2 aliphatic carbocycles. The Morgan fingerprint density at radius 2 is 1.85 bits per heavy atom. The third kappa shape index (κ3) is 3.56. The average molecular weight is 460 g/mol. The first-order valence-corrected chi connectivity index (χ1v) is 12.0. The highest BCUT2D eigenvalue weighted by molar-refractivity contribution is 7.21. The number of rotatable bonds is 6. The summed E-state index contributed by atoms with van der Waals surface area (Å²) in [6, 6.07) is 19.6. The van der Waals surface area contributed by atoms with E-state index < -0.39 is 5.97 Å². The number of carbonyl (C=O) groups is 1. The first-order chi connectivity index (χ1) is 16.0. The van der Waals surface area contributed by atoms with Gasteiger partial charge in [0.15, 0.2) is 0 Å². The fraction of sp³-hybridized carbons (Fsp3) is 0.269. The van der Waals surface area contributed by atoms with Crippen molar-refractivity contribution in [2.75, 3.05) is 5.32 Å². The Hall–Kier alpha value is -3.32. The summed E-state index contributed by atoms with van der Waals surface area (Å²) in [5.41, 5.74) is 4.21. The van der Waals surface area contributed by atoms with Crippen molar-refractivity contribution in [2.45, 2.75) is 37.1 Å². The number of carboxylic acids is 1. The molecule has 166 valence electrons. The van der Waals surface area contributed by atoms with Gasteiger partial charge in [0.05, 0.1) is 11.6 Å². The predicted octanol–water partition coefficient (Wildman–Crippen LogP) is 5.85. The molecular formula is C26H22FN3O2S. The predicted molar refractivity (Wildman–Crippen MR) is 127 cm³/mol. The van der Waals surface area contributed by atoms with Gasteiger partial charge in [0, 0.05) is 22.7 Å². The van der Waals surface area contributed by atoms with E-state index in [9.17, 15) is 9.18 Å².